The SMILES string of the molecule is CO[C@H]1N(C(=O)OC(C)(C)C)c2ccccc2[C@@]12CN=C(N1CCOCC1)S2. The van der Waals surface area contributed by atoms with Gasteiger partial charge in [0.05, 0.1) is 25.4 Å². The molecule has 0 unspecified atom stereocenters. The van der Waals surface area contributed by atoms with Crippen LogP contribution in [0.1, 0.15) is 26.3 Å². The smallest absolute Gasteiger partial charge is 0.417 e. The zero-order valence-electron chi connectivity index (χ0n) is 16.8. The lowest BCUT2D eigenvalue weighted by atomic mass is 9.99. The summed E-state index contributed by atoms with van der Waals surface area (Å²) < 4.78 is 16.6. The van der Waals surface area contributed by atoms with E-state index in [9.17, 15) is 4.79 Å². The molecule has 0 radical (unpaired) electrons. The largest absolute Gasteiger partial charge is 0.443 e. The van der Waals surface area contributed by atoms with E-state index < -0.39 is 22.7 Å². The average Bonchev–Trinajstić information content (AvgIpc) is 3.22. The van der Waals surface area contributed by atoms with Crippen molar-refractivity contribution in [1.82, 2.24) is 4.90 Å². The van der Waals surface area contributed by atoms with Crippen LogP contribution in [0.2, 0.25) is 0 Å². The van der Waals surface area contributed by atoms with Crippen molar-refractivity contribution in [2.75, 3.05) is 44.9 Å². The van der Waals surface area contributed by atoms with E-state index in [0.717, 1.165) is 29.5 Å². The molecule has 7 nitrogen and oxygen atoms in total. The second-order valence-electron chi connectivity index (χ2n) is 8.15. The van der Waals surface area contributed by atoms with Gasteiger partial charge in [-0.2, -0.15) is 0 Å². The number of nitrogens with zero attached hydrogens (tertiary/aromatic N) is 3. The summed E-state index contributed by atoms with van der Waals surface area (Å²) in [6.07, 6.45) is -0.892. The molecule has 0 saturated carbocycles. The van der Waals surface area contributed by atoms with Crippen LogP contribution in [-0.2, 0) is 19.0 Å². The Labute approximate surface area is 170 Å². The standard InChI is InChI=1S/C20H27N3O4S/c1-19(2,3)27-18(24)23-15-8-6-5-7-14(15)20(16(23)25-4)13-21-17(28-20)22-9-11-26-12-10-22/h5-8,16H,9-13H2,1-4H3/t16-,20+/m1/s1. The highest BCUT2D eigenvalue weighted by Crippen LogP contribution is 2.55. The third-order valence-electron chi connectivity index (χ3n) is 5.07. The summed E-state index contributed by atoms with van der Waals surface area (Å²) in [4.78, 5) is 21.8. The Morgan fingerprint density at radius 3 is 2.68 bits per heavy atom. The Morgan fingerprint density at radius 2 is 2.00 bits per heavy atom. The molecule has 0 N–H and O–H groups in total. The number of fused-ring (bicyclic) bond motifs is 2. The first-order chi connectivity index (χ1) is 13.4. The first-order valence-corrected chi connectivity index (χ1v) is 10.4. The Balaban J connectivity index is 1.68. The molecule has 1 spiro atoms. The van der Waals surface area contributed by atoms with Crippen LogP contribution < -0.4 is 4.90 Å². The van der Waals surface area contributed by atoms with E-state index >= 15 is 0 Å². The number of ether oxygens (including phenoxy) is 3. The number of thioether (sulfide) groups is 1. The van der Waals surface area contributed by atoms with Crippen LogP contribution in [0, 0.1) is 0 Å². The number of hydrogen-bond acceptors (Lipinski definition) is 7. The zero-order valence-corrected chi connectivity index (χ0v) is 17.6. The van der Waals surface area contributed by atoms with Gasteiger partial charge >= 0.3 is 6.09 Å². The molecule has 28 heavy (non-hydrogen) atoms. The number of rotatable bonds is 1. The molecule has 152 valence electrons. The number of anilines is 1. The third-order valence-corrected chi connectivity index (χ3v) is 6.56. The maximum atomic E-state index is 13.1. The molecule has 1 fully saturated rings. The second-order valence-corrected chi connectivity index (χ2v) is 9.44. The normalized spacial score (nSPS) is 27.1. The van der Waals surface area contributed by atoms with Crippen LogP contribution in [0.25, 0.3) is 0 Å². The highest BCUT2D eigenvalue weighted by Gasteiger charge is 2.58. The number of benzene rings is 1. The highest BCUT2D eigenvalue weighted by molar-refractivity contribution is 8.15. The molecular formula is C20H27N3O4S. The number of hydrogen-bond donors (Lipinski definition) is 0. The fraction of sp³-hybridized carbons (Fsp3) is 0.600. The van der Waals surface area contributed by atoms with Crippen LogP contribution in [0.5, 0.6) is 0 Å². The number of morpholine rings is 1. The van der Waals surface area contributed by atoms with Gasteiger partial charge in [-0.25, -0.2) is 9.69 Å². The summed E-state index contributed by atoms with van der Waals surface area (Å²) in [6, 6.07) is 7.95. The first kappa shape index (κ1) is 19.5. The summed E-state index contributed by atoms with van der Waals surface area (Å²) in [7, 11) is 1.64. The van der Waals surface area contributed by atoms with Crippen LogP contribution in [0.15, 0.2) is 29.3 Å². The first-order valence-electron chi connectivity index (χ1n) is 9.56. The van der Waals surface area contributed by atoms with E-state index in [4.69, 9.17) is 19.2 Å². The van der Waals surface area contributed by atoms with Crippen LogP contribution in [-0.4, -0.2) is 67.9 Å². The van der Waals surface area contributed by atoms with Crippen LogP contribution in [0.4, 0.5) is 10.5 Å². The van der Waals surface area contributed by atoms with Crippen molar-refractivity contribution in [2.24, 2.45) is 4.99 Å². The molecular weight excluding hydrogens is 378 g/mol. The van der Waals surface area contributed by atoms with Crippen molar-refractivity contribution in [3.05, 3.63) is 29.8 Å². The third kappa shape index (κ3) is 3.27. The van der Waals surface area contributed by atoms with Crippen molar-refractivity contribution in [2.45, 2.75) is 37.3 Å². The predicted molar refractivity (Wildman–Crippen MR) is 110 cm³/mol. The van der Waals surface area contributed by atoms with Crippen molar-refractivity contribution < 1.29 is 19.0 Å². The average molecular weight is 406 g/mol. The monoisotopic (exact) mass is 405 g/mol. The van der Waals surface area contributed by atoms with Crippen molar-refractivity contribution in [1.29, 1.82) is 0 Å². The van der Waals surface area contributed by atoms with Crippen LogP contribution in [0.3, 0.4) is 0 Å². The number of amidine groups is 1. The summed E-state index contributed by atoms with van der Waals surface area (Å²) in [6.45, 7) is 9.24. The molecule has 0 aliphatic carbocycles. The number of carbonyl (C=O) groups excluding carboxylic acids is 1. The minimum atomic E-state index is -0.585. The summed E-state index contributed by atoms with van der Waals surface area (Å²) in [5, 5.41) is 0.992. The highest BCUT2D eigenvalue weighted by atomic mass is 32.2. The van der Waals surface area contributed by atoms with Gasteiger partial charge < -0.3 is 19.1 Å². The quantitative estimate of drug-likeness (QED) is 0.716. The van der Waals surface area contributed by atoms with Gasteiger partial charge in [0, 0.05) is 20.2 Å². The number of carbonyl (C=O) groups is 1. The van der Waals surface area contributed by atoms with E-state index in [1.807, 2.05) is 39.0 Å². The molecule has 3 heterocycles. The van der Waals surface area contributed by atoms with Crippen molar-refractivity contribution in [3.8, 4) is 0 Å². The minimum absolute atomic E-state index is 0.399. The van der Waals surface area contributed by atoms with Gasteiger partial charge in [0.15, 0.2) is 11.4 Å². The molecule has 1 amide bonds. The van der Waals surface area contributed by atoms with Gasteiger partial charge in [0.2, 0.25) is 0 Å². The molecule has 4 rings (SSSR count). The molecule has 8 heteroatoms. The number of para-hydroxylation sites is 1. The molecule has 3 aliphatic heterocycles. The number of methoxy groups -OCH3 is 1. The molecule has 3 aliphatic rings. The fourth-order valence-electron chi connectivity index (χ4n) is 3.91. The molecule has 2 atom stereocenters. The van der Waals surface area contributed by atoms with Crippen molar-refractivity contribution in [3.63, 3.8) is 0 Å². The minimum Gasteiger partial charge on any atom is -0.443 e. The summed E-state index contributed by atoms with van der Waals surface area (Å²) in [5.74, 6) is 0. The zero-order chi connectivity index (χ0) is 19.9. The van der Waals surface area contributed by atoms with Gasteiger partial charge in [-0.1, -0.05) is 30.0 Å². The maximum absolute atomic E-state index is 13.1. The lowest BCUT2D eigenvalue weighted by molar-refractivity contribution is 0.0337. The fourth-order valence-corrected chi connectivity index (χ4v) is 5.39. The maximum Gasteiger partial charge on any atom is 0.417 e. The Bertz CT molecular complexity index is 788. The molecule has 1 aromatic carbocycles. The van der Waals surface area contributed by atoms with E-state index in [-0.39, 0.29) is 0 Å². The molecule has 0 aromatic heterocycles. The summed E-state index contributed by atoms with van der Waals surface area (Å²) >= 11 is 1.69. The van der Waals surface area contributed by atoms with Gasteiger partial charge in [-0.05, 0) is 32.4 Å². The molecule has 1 aromatic rings. The van der Waals surface area contributed by atoms with E-state index in [1.165, 1.54) is 0 Å². The Kier molecular flexibility index (Phi) is 5.05. The van der Waals surface area contributed by atoms with Crippen molar-refractivity contribution >= 4 is 28.7 Å². The number of amides is 1. The molecule has 1 saturated heterocycles. The van der Waals surface area contributed by atoms with E-state index in [2.05, 4.69) is 11.0 Å². The molecule has 0 bridgehead atoms. The summed E-state index contributed by atoms with van der Waals surface area (Å²) in [5.41, 5.74) is 1.30. The number of aliphatic imine (C=N–C) groups is 1. The lowest BCUT2D eigenvalue weighted by Crippen LogP contribution is -2.49. The van der Waals surface area contributed by atoms with E-state index in [1.54, 1.807) is 23.8 Å². The van der Waals surface area contributed by atoms with E-state index in [0.29, 0.717) is 19.8 Å². The van der Waals surface area contributed by atoms with Gasteiger partial charge in [-0.15, -0.1) is 0 Å². The predicted octanol–water partition coefficient (Wildman–Crippen LogP) is 3.04. The lowest BCUT2D eigenvalue weighted by Gasteiger charge is -2.35. The Hall–Kier alpha value is -1.77. The van der Waals surface area contributed by atoms with Gasteiger partial charge in [0.25, 0.3) is 0 Å². The topological polar surface area (TPSA) is 63.6 Å². The van der Waals surface area contributed by atoms with Crippen LogP contribution >= 0.6 is 11.8 Å². The van der Waals surface area contributed by atoms with Gasteiger partial charge in [0.1, 0.15) is 10.3 Å². The second kappa shape index (κ2) is 7.24. The van der Waals surface area contributed by atoms with Gasteiger partial charge in [-0.3, -0.25) is 4.99 Å². The Morgan fingerprint density at radius 1 is 1.29 bits per heavy atom.